The van der Waals surface area contributed by atoms with Crippen LogP contribution in [0.1, 0.15) is 74.6 Å². The van der Waals surface area contributed by atoms with Gasteiger partial charge in [0.2, 0.25) is 0 Å². The number of nitrogens with zero attached hydrogens (tertiary/aromatic N) is 5. The number of aryl methyl sites for hydroxylation is 1. The van der Waals surface area contributed by atoms with Crippen LogP contribution in [0.5, 0.6) is 0 Å². The average Bonchev–Trinajstić information content (AvgIpc) is 3.46. The third-order valence-corrected chi connectivity index (χ3v) is 7.90. The lowest BCUT2D eigenvalue weighted by atomic mass is 10.1. The van der Waals surface area contributed by atoms with Crippen LogP contribution in [0.4, 0.5) is 21.1 Å². The van der Waals surface area contributed by atoms with Crippen LogP contribution in [0.3, 0.4) is 0 Å². The van der Waals surface area contributed by atoms with Gasteiger partial charge in [-0.05, 0) is 74.9 Å². The third kappa shape index (κ3) is 12.3. The summed E-state index contributed by atoms with van der Waals surface area (Å²) >= 11 is 0. The standard InChI is InChI=1S/C38H47N7O8/c1-5-6-7-10-21-51-37(48)43-35(39)27-12-15-29(16-13-27)41-25-33-42-30-24-28(14-17-31(30)44(33)4)36(47)45(32-11-8-9-19-40-32)20-18-34(46)50-22-23-52-38(49)53-26(2)3/h8-9,11-17,19,24,26,41H,5-7,10,18,20-23,25H2,1-4H3,(H2,39,43,48). The minimum Gasteiger partial charge on any atom is -0.462 e. The zero-order valence-electron chi connectivity index (χ0n) is 30.6. The molecule has 2 aromatic carbocycles. The van der Waals surface area contributed by atoms with Gasteiger partial charge in [0, 0.05) is 36.6 Å². The monoisotopic (exact) mass is 729 g/mol. The quantitative estimate of drug-likeness (QED) is 0.0392. The highest BCUT2D eigenvalue weighted by Gasteiger charge is 2.22. The Morgan fingerprint density at radius 3 is 2.40 bits per heavy atom. The summed E-state index contributed by atoms with van der Waals surface area (Å²) in [6, 6.07) is 17.6. The smallest absolute Gasteiger partial charge is 0.462 e. The van der Waals surface area contributed by atoms with E-state index in [-0.39, 0.29) is 44.0 Å². The number of carbonyl (C=O) groups is 4. The summed E-state index contributed by atoms with van der Waals surface area (Å²) in [6.07, 6.45) is 3.56. The molecule has 2 aromatic heterocycles. The molecular weight excluding hydrogens is 682 g/mol. The highest BCUT2D eigenvalue weighted by molar-refractivity contribution is 6.07. The molecule has 0 saturated heterocycles. The normalized spacial score (nSPS) is 11.3. The van der Waals surface area contributed by atoms with Crippen LogP contribution in [0, 0.1) is 0 Å². The van der Waals surface area contributed by atoms with Gasteiger partial charge in [0.25, 0.3) is 5.91 Å². The van der Waals surface area contributed by atoms with Crippen LogP contribution in [0.15, 0.2) is 71.9 Å². The molecule has 0 fully saturated rings. The number of anilines is 2. The number of hydrogen-bond acceptors (Lipinski definition) is 11. The lowest BCUT2D eigenvalue weighted by Crippen LogP contribution is -2.34. The first-order valence-corrected chi connectivity index (χ1v) is 17.6. The van der Waals surface area contributed by atoms with Gasteiger partial charge in [-0.3, -0.25) is 14.5 Å². The Labute approximate surface area is 308 Å². The fourth-order valence-corrected chi connectivity index (χ4v) is 5.14. The summed E-state index contributed by atoms with van der Waals surface area (Å²) < 4.78 is 22.0. The van der Waals surface area contributed by atoms with Crippen molar-refractivity contribution in [2.45, 2.75) is 65.5 Å². The summed E-state index contributed by atoms with van der Waals surface area (Å²) in [5.74, 6) is 0.225. The molecule has 2 heterocycles. The molecule has 282 valence electrons. The number of ether oxygens (including phenoxy) is 4. The number of unbranched alkanes of at least 4 members (excludes halogenated alkanes) is 3. The molecule has 2 amide bonds. The molecule has 4 aromatic rings. The number of benzene rings is 2. The van der Waals surface area contributed by atoms with Crippen molar-refractivity contribution in [3.05, 3.63) is 83.8 Å². The predicted octanol–water partition coefficient (Wildman–Crippen LogP) is 6.14. The van der Waals surface area contributed by atoms with Crippen molar-refractivity contribution in [1.29, 1.82) is 0 Å². The van der Waals surface area contributed by atoms with Gasteiger partial charge >= 0.3 is 18.2 Å². The number of imidazole rings is 1. The molecule has 0 aliphatic carbocycles. The second-order valence-corrected chi connectivity index (χ2v) is 12.3. The van der Waals surface area contributed by atoms with Gasteiger partial charge in [-0.15, -0.1) is 0 Å². The molecular formula is C38H47N7O8. The molecule has 15 heteroatoms. The number of carbonyl (C=O) groups excluding carboxylic acids is 4. The molecule has 0 aliphatic heterocycles. The SMILES string of the molecule is CCCCCCOC(=O)/N=C(\N)c1ccc(NCc2nc3cc(C(=O)N(CCC(=O)OCCOC(=O)OC(C)C)c4ccccn4)ccc3n2C)cc1. The van der Waals surface area contributed by atoms with Crippen molar-refractivity contribution < 1.29 is 38.1 Å². The largest absolute Gasteiger partial charge is 0.508 e. The Hall–Kier alpha value is -5.99. The molecule has 53 heavy (non-hydrogen) atoms. The molecule has 0 spiro atoms. The van der Waals surface area contributed by atoms with Gasteiger partial charge in [-0.25, -0.2) is 19.6 Å². The lowest BCUT2D eigenvalue weighted by Gasteiger charge is -2.21. The van der Waals surface area contributed by atoms with Crippen LogP contribution < -0.4 is 16.0 Å². The fraction of sp³-hybridized carbons (Fsp3) is 0.395. The number of rotatable bonds is 18. The van der Waals surface area contributed by atoms with Crippen molar-refractivity contribution in [3.8, 4) is 0 Å². The Bertz CT molecular complexity index is 1860. The first kappa shape index (κ1) is 39.8. The van der Waals surface area contributed by atoms with E-state index < -0.39 is 18.2 Å². The summed E-state index contributed by atoms with van der Waals surface area (Å²) in [4.78, 5) is 64.2. The van der Waals surface area contributed by atoms with Crippen molar-refractivity contribution in [3.63, 3.8) is 0 Å². The minimum atomic E-state index is -0.843. The number of nitrogens with one attached hydrogen (secondary N) is 1. The van der Waals surface area contributed by atoms with Crippen molar-refractivity contribution >= 4 is 52.5 Å². The third-order valence-electron chi connectivity index (χ3n) is 7.90. The molecule has 0 saturated carbocycles. The number of aliphatic imine (C=N–C) groups is 1. The van der Waals surface area contributed by atoms with Crippen LogP contribution in [-0.2, 0) is 37.3 Å². The second-order valence-electron chi connectivity index (χ2n) is 12.3. The Kier molecular flexibility index (Phi) is 15.1. The molecule has 0 radical (unpaired) electrons. The Morgan fingerprint density at radius 2 is 1.68 bits per heavy atom. The maximum Gasteiger partial charge on any atom is 0.508 e. The molecule has 0 aliphatic rings. The summed E-state index contributed by atoms with van der Waals surface area (Å²) in [6.45, 7) is 5.90. The number of nitrogens with two attached hydrogens (primary N) is 1. The van der Waals surface area contributed by atoms with Gasteiger partial charge in [0.15, 0.2) is 0 Å². The molecule has 15 nitrogen and oxygen atoms in total. The van der Waals surface area contributed by atoms with E-state index in [0.717, 1.165) is 42.7 Å². The van der Waals surface area contributed by atoms with Gasteiger partial charge in [0.05, 0.1) is 36.7 Å². The van der Waals surface area contributed by atoms with E-state index in [4.69, 9.17) is 29.7 Å². The molecule has 3 N–H and O–H groups in total. The average molecular weight is 730 g/mol. The molecule has 4 rings (SSSR count). The van der Waals surface area contributed by atoms with Gasteiger partial charge in [-0.1, -0.05) is 32.3 Å². The number of amidine groups is 1. The van der Waals surface area contributed by atoms with E-state index in [9.17, 15) is 19.2 Å². The van der Waals surface area contributed by atoms with Crippen molar-refractivity contribution in [2.24, 2.45) is 17.8 Å². The van der Waals surface area contributed by atoms with E-state index in [2.05, 4.69) is 22.2 Å². The van der Waals surface area contributed by atoms with E-state index >= 15 is 0 Å². The van der Waals surface area contributed by atoms with Crippen LogP contribution in [0.25, 0.3) is 11.0 Å². The Balaban J connectivity index is 1.36. The highest BCUT2D eigenvalue weighted by Crippen LogP contribution is 2.21. The molecule has 0 atom stereocenters. The van der Waals surface area contributed by atoms with E-state index in [1.165, 1.54) is 4.90 Å². The van der Waals surface area contributed by atoms with E-state index in [1.807, 2.05) is 29.8 Å². The lowest BCUT2D eigenvalue weighted by molar-refractivity contribution is -0.144. The topological polar surface area (TPSA) is 190 Å². The van der Waals surface area contributed by atoms with Crippen LogP contribution in [-0.4, -0.2) is 77.0 Å². The van der Waals surface area contributed by atoms with Gasteiger partial charge < -0.3 is 34.6 Å². The van der Waals surface area contributed by atoms with E-state index in [1.54, 1.807) is 62.5 Å². The van der Waals surface area contributed by atoms with E-state index in [0.29, 0.717) is 35.6 Å². The fourth-order valence-electron chi connectivity index (χ4n) is 5.14. The summed E-state index contributed by atoms with van der Waals surface area (Å²) in [7, 11) is 1.89. The number of pyridine rings is 1. The number of hydrogen-bond donors (Lipinski definition) is 2. The highest BCUT2D eigenvalue weighted by atomic mass is 16.7. The first-order valence-electron chi connectivity index (χ1n) is 17.6. The molecule has 0 bridgehead atoms. The predicted molar refractivity (Wildman–Crippen MR) is 200 cm³/mol. The number of esters is 1. The zero-order valence-corrected chi connectivity index (χ0v) is 30.6. The number of amides is 2. The summed E-state index contributed by atoms with van der Waals surface area (Å²) in [5, 5.41) is 3.34. The maximum absolute atomic E-state index is 13.8. The van der Waals surface area contributed by atoms with Gasteiger partial charge in [0.1, 0.15) is 30.7 Å². The van der Waals surface area contributed by atoms with Crippen molar-refractivity contribution in [2.75, 3.05) is 36.6 Å². The van der Waals surface area contributed by atoms with Crippen LogP contribution in [0.2, 0.25) is 0 Å². The number of fused-ring (bicyclic) bond motifs is 1. The zero-order chi connectivity index (χ0) is 38.2. The summed E-state index contributed by atoms with van der Waals surface area (Å²) in [5.41, 5.74) is 9.22. The first-order chi connectivity index (χ1) is 25.5. The Morgan fingerprint density at radius 1 is 0.925 bits per heavy atom. The van der Waals surface area contributed by atoms with Crippen molar-refractivity contribution in [1.82, 2.24) is 14.5 Å². The minimum absolute atomic E-state index is 0.000142. The second kappa shape index (κ2) is 20.2. The maximum atomic E-state index is 13.8. The number of aromatic nitrogens is 3. The molecule has 0 unspecified atom stereocenters. The van der Waals surface area contributed by atoms with Gasteiger partial charge in [-0.2, -0.15) is 4.99 Å². The van der Waals surface area contributed by atoms with Crippen LogP contribution >= 0.6 is 0 Å².